The van der Waals surface area contributed by atoms with E-state index in [1.54, 1.807) is 7.11 Å². The van der Waals surface area contributed by atoms with Gasteiger partial charge >= 0.3 is 0 Å². The predicted molar refractivity (Wildman–Crippen MR) is 79.8 cm³/mol. The van der Waals surface area contributed by atoms with Crippen molar-refractivity contribution in [1.82, 2.24) is 10.3 Å². The first-order valence-electron chi connectivity index (χ1n) is 7.28. The van der Waals surface area contributed by atoms with E-state index in [-0.39, 0.29) is 6.10 Å². The fraction of sp³-hybridized carbons (Fsp3) is 0.667. The molecule has 2 heterocycles. The number of aliphatic hydroxyl groups excluding tert-OH is 1. The van der Waals surface area contributed by atoms with Crippen molar-refractivity contribution in [2.24, 2.45) is 5.92 Å². The third-order valence-corrected chi connectivity index (χ3v) is 3.85. The molecule has 1 aliphatic heterocycles. The highest BCUT2D eigenvalue weighted by molar-refractivity contribution is 5.40. The molecular formula is C15H25N3O2. The Bertz CT molecular complexity index is 395. The second-order valence-electron chi connectivity index (χ2n) is 5.43. The van der Waals surface area contributed by atoms with E-state index in [4.69, 9.17) is 4.74 Å². The van der Waals surface area contributed by atoms with Gasteiger partial charge in [-0.15, -0.1) is 0 Å². The van der Waals surface area contributed by atoms with Crippen molar-refractivity contribution in [2.75, 3.05) is 38.3 Å². The fourth-order valence-electron chi connectivity index (χ4n) is 2.50. The van der Waals surface area contributed by atoms with Gasteiger partial charge in [0.05, 0.1) is 12.7 Å². The Hall–Kier alpha value is -1.17. The van der Waals surface area contributed by atoms with Crippen LogP contribution in [0.5, 0.6) is 0 Å². The van der Waals surface area contributed by atoms with Gasteiger partial charge < -0.3 is 20.1 Å². The molecule has 5 heteroatoms. The Balaban J connectivity index is 1.82. The van der Waals surface area contributed by atoms with Gasteiger partial charge in [-0.25, -0.2) is 4.98 Å². The van der Waals surface area contributed by atoms with Gasteiger partial charge in [-0.05, 0) is 25.0 Å². The molecule has 1 aliphatic rings. The molecule has 20 heavy (non-hydrogen) atoms. The summed E-state index contributed by atoms with van der Waals surface area (Å²) in [6, 6.07) is 4.18. The largest absolute Gasteiger partial charge is 0.393 e. The molecule has 5 nitrogen and oxygen atoms in total. The first-order valence-corrected chi connectivity index (χ1v) is 7.28. The average molecular weight is 279 g/mol. The number of ether oxygens (including phenoxy) is 1. The molecule has 112 valence electrons. The Kier molecular flexibility index (Phi) is 5.76. The van der Waals surface area contributed by atoms with Gasteiger partial charge in [0.15, 0.2) is 0 Å². The third kappa shape index (κ3) is 4.16. The van der Waals surface area contributed by atoms with Gasteiger partial charge in [-0.2, -0.15) is 0 Å². The van der Waals surface area contributed by atoms with Crippen LogP contribution >= 0.6 is 0 Å². The number of nitrogens with one attached hydrogen (secondary N) is 1. The van der Waals surface area contributed by atoms with Crippen LogP contribution in [-0.2, 0) is 11.3 Å². The van der Waals surface area contributed by atoms with Crippen molar-refractivity contribution < 1.29 is 9.84 Å². The quantitative estimate of drug-likeness (QED) is 0.730. The minimum atomic E-state index is -0.232. The second kappa shape index (κ2) is 7.57. The minimum Gasteiger partial charge on any atom is -0.393 e. The number of anilines is 1. The van der Waals surface area contributed by atoms with E-state index >= 15 is 0 Å². The van der Waals surface area contributed by atoms with Crippen LogP contribution < -0.4 is 10.2 Å². The number of aromatic nitrogens is 1. The molecule has 0 saturated carbocycles. The van der Waals surface area contributed by atoms with Crippen LogP contribution in [-0.4, -0.2) is 49.5 Å². The van der Waals surface area contributed by atoms with Crippen molar-refractivity contribution in [2.45, 2.75) is 26.0 Å². The average Bonchev–Trinajstić information content (AvgIpc) is 2.94. The molecule has 0 aromatic carbocycles. The van der Waals surface area contributed by atoms with Gasteiger partial charge in [0.1, 0.15) is 5.82 Å². The Morgan fingerprint density at radius 1 is 1.55 bits per heavy atom. The number of pyridine rings is 1. The highest BCUT2D eigenvalue weighted by Crippen LogP contribution is 2.24. The maximum atomic E-state index is 9.64. The van der Waals surface area contributed by atoms with Crippen LogP contribution in [0, 0.1) is 5.92 Å². The van der Waals surface area contributed by atoms with Gasteiger partial charge in [0.25, 0.3) is 0 Å². The monoisotopic (exact) mass is 279 g/mol. The smallest absolute Gasteiger partial charge is 0.128 e. The summed E-state index contributed by atoms with van der Waals surface area (Å²) in [5, 5.41) is 12.9. The Morgan fingerprint density at radius 2 is 2.40 bits per heavy atom. The maximum Gasteiger partial charge on any atom is 0.128 e. The first-order chi connectivity index (χ1) is 9.70. The van der Waals surface area contributed by atoms with Gasteiger partial charge in [-0.3, -0.25) is 0 Å². The normalized spacial score (nSPS) is 20.4. The summed E-state index contributed by atoms with van der Waals surface area (Å²) in [4.78, 5) is 6.78. The molecular weight excluding hydrogens is 254 g/mol. The Morgan fingerprint density at radius 3 is 3.00 bits per heavy atom. The molecule has 1 aromatic rings. The second-order valence-corrected chi connectivity index (χ2v) is 5.43. The van der Waals surface area contributed by atoms with E-state index in [0.29, 0.717) is 5.92 Å². The van der Waals surface area contributed by atoms with Crippen LogP contribution in [0.25, 0.3) is 0 Å². The van der Waals surface area contributed by atoms with E-state index in [1.165, 1.54) is 5.56 Å². The molecule has 2 rings (SSSR count). The lowest BCUT2D eigenvalue weighted by atomic mass is 10.0. The summed E-state index contributed by atoms with van der Waals surface area (Å²) in [5.41, 5.74) is 1.18. The first kappa shape index (κ1) is 15.2. The summed E-state index contributed by atoms with van der Waals surface area (Å²) in [6.45, 7) is 6.13. The van der Waals surface area contributed by atoms with Crippen molar-refractivity contribution in [3.05, 3.63) is 23.9 Å². The zero-order chi connectivity index (χ0) is 14.4. The number of hydrogen-bond donors (Lipinski definition) is 2. The van der Waals surface area contributed by atoms with Crippen LogP contribution in [0.4, 0.5) is 5.82 Å². The number of aliphatic hydroxyl groups is 1. The molecule has 1 aromatic heterocycles. The van der Waals surface area contributed by atoms with E-state index in [9.17, 15) is 5.11 Å². The van der Waals surface area contributed by atoms with Crippen LogP contribution in [0.2, 0.25) is 0 Å². The molecule has 1 saturated heterocycles. The fourth-order valence-corrected chi connectivity index (χ4v) is 2.50. The molecule has 0 radical (unpaired) electrons. The lowest BCUT2D eigenvalue weighted by molar-refractivity contribution is 0.136. The van der Waals surface area contributed by atoms with Gasteiger partial charge in [0.2, 0.25) is 0 Å². The number of hydrogen-bond acceptors (Lipinski definition) is 5. The third-order valence-electron chi connectivity index (χ3n) is 3.85. The molecule has 1 fully saturated rings. The number of nitrogens with zero attached hydrogens (tertiary/aromatic N) is 2. The van der Waals surface area contributed by atoms with Crippen LogP contribution in [0.1, 0.15) is 18.9 Å². The summed E-state index contributed by atoms with van der Waals surface area (Å²) in [7, 11) is 1.70. The van der Waals surface area contributed by atoms with E-state index in [2.05, 4.69) is 27.3 Å². The maximum absolute atomic E-state index is 9.64. The predicted octanol–water partition coefficient (Wildman–Crippen LogP) is 1.02. The molecule has 2 unspecified atom stereocenters. The van der Waals surface area contributed by atoms with Gasteiger partial charge in [0, 0.05) is 45.4 Å². The summed E-state index contributed by atoms with van der Waals surface area (Å²) < 4.78 is 4.99. The summed E-state index contributed by atoms with van der Waals surface area (Å²) >= 11 is 0. The molecule has 0 amide bonds. The summed E-state index contributed by atoms with van der Waals surface area (Å²) in [6.07, 6.45) is 2.73. The van der Waals surface area contributed by atoms with Gasteiger partial charge in [-0.1, -0.05) is 6.07 Å². The van der Waals surface area contributed by atoms with Crippen molar-refractivity contribution >= 4 is 5.82 Å². The Labute approximate surface area is 121 Å². The van der Waals surface area contributed by atoms with Crippen molar-refractivity contribution in [3.63, 3.8) is 0 Å². The molecule has 0 bridgehead atoms. The molecule has 0 aliphatic carbocycles. The highest BCUT2D eigenvalue weighted by Gasteiger charge is 2.26. The van der Waals surface area contributed by atoms with Crippen LogP contribution in [0.15, 0.2) is 18.3 Å². The SMILES string of the molecule is COCCNCc1ccc(N2CCC(C(C)O)C2)nc1. The van der Waals surface area contributed by atoms with E-state index in [0.717, 1.165) is 45.0 Å². The van der Waals surface area contributed by atoms with Crippen molar-refractivity contribution in [3.8, 4) is 0 Å². The molecule has 0 spiro atoms. The van der Waals surface area contributed by atoms with E-state index < -0.39 is 0 Å². The minimum absolute atomic E-state index is 0.232. The lowest BCUT2D eigenvalue weighted by Gasteiger charge is -2.18. The zero-order valence-electron chi connectivity index (χ0n) is 12.4. The molecule has 2 N–H and O–H groups in total. The van der Waals surface area contributed by atoms with E-state index in [1.807, 2.05) is 13.1 Å². The number of methoxy groups -OCH3 is 1. The molecule has 2 atom stereocenters. The highest BCUT2D eigenvalue weighted by atomic mass is 16.5. The van der Waals surface area contributed by atoms with Crippen molar-refractivity contribution in [1.29, 1.82) is 0 Å². The standard InChI is InChI=1S/C15H25N3O2/c1-12(19)14-5-7-18(11-14)15-4-3-13(10-17-15)9-16-6-8-20-2/h3-4,10,12,14,16,19H,5-9,11H2,1-2H3. The zero-order valence-corrected chi connectivity index (χ0v) is 12.4. The lowest BCUT2D eigenvalue weighted by Crippen LogP contribution is -2.24. The summed E-state index contributed by atoms with van der Waals surface area (Å²) in [5.74, 6) is 1.38. The number of rotatable bonds is 7. The topological polar surface area (TPSA) is 57.6 Å². The van der Waals surface area contributed by atoms with Crippen LogP contribution in [0.3, 0.4) is 0 Å².